The van der Waals surface area contributed by atoms with Crippen molar-refractivity contribution >= 4 is 11.9 Å². The number of carboxylic acids is 1. The Hall–Kier alpha value is -2.28. The smallest absolute Gasteiger partial charge is 0.309 e. The highest BCUT2D eigenvalue weighted by Crippen LogP contribution is 2.43. The SMILES string of the molecule is CN1C(=O)C[C@H](C(=O)O)C12CCN(Cc1ccc3c(c1)OCO3)CC2. The maximum absolute atomic E-state index is 12.1. The van der Waals surface area contributed by atoms with E-state index < -0.39 is 17.4 Å². The normalized spacial score (nSPS) is 24.9. The van der Waals surface area contributed by atoms with E-state index in [1.165, 1.54) is 0 Å². The van der Waals surface area contributed by atoms with Crippen LogP contribution in [0.15, 0.2) is 18.2 Å². The molecule has 2 saturated heterocycles. The maximum atomic E-state index is 12.1. The Balaban J connectivity index is 1.44. The summed E-state index contributed by atoms with van der Waals surface area (Å²) in [6.07, 6.45) is 1.50. The van der Waals surface area contributed by atoms with Gasteiger partial charge >= 0.3 is 5.97 Å². The zero-order valence-corrected chi connectivity index (χ0v) is 14.2. The molecule has 0 unspecified atom stereocenters. The third-order valence-corrected chi connectivity index (χ3v) is 5.93. The van der Waals surface area contributed by atoms with E-state index in [-0.39, 0.29) is 19.1 Å². The van der Waals surface area contributed by atoms with E-state index in [2.05, 4.69) is 4.90 Å². The molecule has 0 saturated carbocycles. The first-order valence-corrected chi connectivity index (χ1v) is 8.60. The Morgan fingerprint density at radius 2 is 2.00 bits per heavy atom. The molecule has 1 atom stereocenters. The number of ether oxygens (including phenoxy) is 2. The molecule has 1 spiro atoms. The molecule has 7 heteroatoms. The number of aliphatic carboxylic acids is 1. The Kier molecular flexibility index (Phi) is 3.83. The second kappa shape index (κ2) is 5.91. The number of piperidine rings is 1. The van der Waals surface area contributed by atoms with Crippen molar-refractivity contribution in [2.75, 3.05) is 26.9 Å². The number of fused-ring (bicyclic) bond motifs is 1. The van der Waals surface area contributed by atoms with Crippen LogP contribution in [0.1, 0.15) is 24.8 Å². The molecule has 25 heavy (non-hydrogen) atoms. The lowest BCUT2D eigenvalue weighted by molar-refractivity contribution is -0.146. The molecule has 134 valence electrons. The van der Waals surface area contributed by atoms with Crippen molar-refractivity contribution in [2.24, 2.45) is 5.92 Å². The Bertz CT molecular complexity index is 711. The van der Waals surface area contributed by atoms with Crippen LogP contribution in [0.4, 0.5) is 0 Å². The fourth-order valence-electron chi connectivity index (χ4n) is 4.38. The van der Waals surface area contributed by atoms with Gasteiger partial charge in [-0.3, -0.25) is 14.5 Å². The van der Waals surface area contributed by atoms with E-state index >= 15 is 0 Å². The zero-order chi connectivity index (χ0) is 17.6. The van der Waals surface area contributed by atoms with Crippen LogP contribution >= 0.6 is 0 Å². The van der Waals surface area contributed by atoms with Gasteiger partial charge in [0, 0.05) is 33.1 Å². The molecule has 3 aliphatic rings. The predicted molar refractivity (Wildman–Crippen MR) is 88.3 cm³/mol. The molecule has 4 rings (SSSR count). The first-order valence-electron chi connectivity index (χ1n) is 8.60. The highest BCUT2D eigenvalue weighted by molar-refractivity contribution is 5.88. The van der Waals surface area contributed by atoms with Gasteiger partial charge < -0.3 is 19.5 Å². The number of likely N-dealkylation sites (tertiary alicyclic amines) is 2. The summed E-state index contributed by atoms with van der Waals surface area (Å²) < 4.78 is 10.8. The summed E-state index contributed by atoms with van der Waals surface area (Å²) in [5.74, 6) is 0.0334. The van der Waals surface area contributed by atoms with Gasteiger partial charge in [-0.25, -0.2) is 0 Å². The lowest BCUT2D eigenvalue weighted by Gasteiger charge is -2.45. The summed E-state index contributed by atoms with van der Waals surface area (Å²) in [5.41, 5.74) is 0.611. The third kappa shape index (κ3) is 2.63. The van der Waals surface area contributed by atoms with Crippen molar-refractivity contribution in [3.05, 3.63) is 23.8 Å². The summed E-state index contributed by atoms with van der Waals surface area (Å²) in [6.45, 7) is 2.59. The fraction of sp³-hybridized carbons (Fsp3) is 0.556. The number of rotatable bonds is 3. The largest absolute Gasteiger partial charge is 0.481 e. The van der Waals surface area contributed by atoms with Gasteiger partial charge in [0.2, 0.25) is 12.7 Å². The van der Waals surface area contributed by atoms with Crippen LogP contribution in [0.25, 0.3) is 0 Å². The first-order chi connectivity index (χ1) is 12.0. The van der Waals surface area contributed by atoms with Crippen LogP contribution in [0, 0.1) is 5.92 Å². The molecule has 0 radical (unpaired) electrons. The molecule has 2 fully saturated rings. The molecular formula is C18H22N2O5. The number of benzene rings is 1. The van der Waals surface area contributed by atoms with Gasteiger partial charge in [0.1, 0.15) is 0 Å². The van der Waals surface area contributed by atoms with Crippen LogP contribution < -0.4 is 9.47 Å². The standard InChI is InChI=1S/C18H22N2O5/c1-19-16(21)9-13(17(22)23)18(19)4-6-20(7-5-18)10-12-2-3-14-15(8-12)25-11-24-14/h2-3,8,13H,4-7,9-11H2,1H3,(H,22,23)/t13-/m1/s1. The van der Waals surface area contributed by atoms with Gasteiger partial charge in [-0.2, -0.15) is 0 Å². The van der Waals surface area contributed by atoms with Gasteiger partial charge in [-0.1, -0.05) is 6.07 Å². The van der Waals surface area contributed by atoms with Crippen molar-refractivity contribution in [3.8, 4) is 11.5 Å². The number of carbonyl (C=O) groups excluding carboxylic acids is 1. The number of hydrogen-bond donors (Lipinski definition) is 1. The molecule has 1 amide bonds. The summed E-state index contributed by atoms with van der Waals surface area (Å²) in [7, 11) is 1.75. The second-order valence-corrected chi connectivity index (χ2v) is 7.12. The summed E-state index contributed by atoms with van der Waals surface area (Å²) in [4.78, 5) is 27.7. The minimum absolute atomic E-state index is 0.0587. The van der Waals surface area contributed by atoms with E-state index in [4.69, 9.17) is 9.47 Å². The molecule has 1 aromatic rings. The van der Waals surface area contributed by atoms with E-state index in [1.807, 2.05) is 18.2 Å². The van der Waals surface area contributed by atoms with Crippen molar-refractivity contribution in [1.82, 2.24) is 9.80 Å². The average molecular weight is 346 g/mol. The van der Waals surface area contributed by atoms with Crippen LogP contribution in [-0.4, -0.2) is 59.3 Å². The highest BCUT2D eigenvalue weighted by atomic mass is 16.7. The monoisotopic (exact) mass is 346 g/mol. The quantitative estimate of drug-likeness (QED) is 0.889. The van der Waals surface area contributed by atoms with Gasteiger partial charge in [0.05, 0.1) is 11.5 Å². The van der Waals surface area contributed by atoms with E-state index in [0.717, 1.165) is 36.7 Å². The van der Waals surface area contributed by atoms with E-state index in [9.17, 15) is 14.7 Å². The second-order valence-electron chi connectivity index (χ2n) is 7.12. The van der Waals surface area contributed by atoms with Crippen LogP contribution in [0.3, 0.4) is 0 Å². The van der Waals surface area contributed by atoms with Crippen LogP contribution in [0.2, 0.25) is 0 Å². The first kappa shape index (κ1) is 16.2. The Labute approximate surface area is 146 Å². The van der Waals surface area contributed by atoms with Crippen LogP contribution in [-0.2, 0) is 16.1 Å². The Morgan fingerprint density at radius 3 is 2.72 bits per heavy atom. The number of carbonyl (C=O) groups is 2. The minimum Gasteiger partial charge on any atom is -0.481 e. The van der Waals surface area contributed by atoms with Crippen molar-refractivity contribution in [3.63, 3.8) is 0 Å². The lowest BCUT2D eigenvalue weighted by atomic mass is 9.77. The van der Waals surface area contributed by atoms with E-state index in [1.54, 1.807) is 11.9 Å². The predicted octanol–water partition coefficient (Wildman–Crippen LogP) is 1.31. The molecule has 3 heterocycles. The number of carboxylic acid groups (broad SMARTS) is 1. The topological polar surface area (TPSA) is 79.3 Å². The van der Waals surface area contributed by atoms with Gasteiger partial charge in [-0.05, 0) is 30.5 Å². The molecule has 3 aliphatic heterocycles. The molecule has 0 bridgehead atoms. The molecule has 0 aromatic heterocycles. The molecule has 7 nitrogen and oxygen atoms in total. The van der Waals surface area contributed by atoms with Gasteiger partial charge in [0.25, 0.3) is 0 Å². The van der Waals surface area contributed by atoms with Crippen molar-refractivity contribution in [2.45, 2.75) is 31.3 Å². The summed E-state index contributed by atoms with van der Waals surface area (Å²) >= 11 is 0. The van der Waals surface area contributed by atoms with Crippen LogP contribution in [0.5, 0.6) is 11.5 Å². The number of amides is 1. The van der Waals surface area contributed by atoms with Gasteiger partial charge in [-0.15, -0.1) is 0 Å². The Morgan fingerprint density at radius 1 is 1.28 bits per heavy atom. The zero-order valence-electron chi connectivity index (χ0n) is 14.2. The average Bonchev–Trinajstić information content (AvgIpc) is 3.15. The third-order valence-electron chi connectivity index (χ3n) is 5.93. The fourth-order valence-corrected chi connectivity index (χ4v) is 4.38. The highest BCUT2D eigenvalue weighted by Gasteiger charge is 2.55. The number of nitrogens with zero attached hydrogens (tertiary/aromatic N) is 2. The maximum Gasteiger partial charge on any atom is 0.309 e. The minimum atomic E-state index is -0.859. The van der Waals surface area contributed by atoms with Crippen molar-refractivity contribution < 1.29 is 24.2 Å². The summed E-state index contributed by atoms with van der Waals surface area (Å²) in [5, 5.41) is 9.54. The molecule has 1 N–H and O–H groups in total. The number of hydrogen-bond acceptors (Lipinski definition) is 5. The molecular weight excluding hydrogens is 324 g/mol. The molecule has 1 aromatic carbocycles. The molecule has 0 aliphatic carbocycles. The summed E-state index contributed by atoms with van der Waals surface area (Å²) in [6, 6.07) is 5.95. The van der Waals surface area contributed by atoms with Crippen molar-refractivity contribution in [1.29, 1.82) is 0 Å². The van der Waals surface area contributed by atoms with E-state index in [0.29, 0.717) is 12.8 Å². The van der Waals surface area contributed by atoms with Gasteiger partial charge in [0.15, 0.2) is 11.5 Å². The lowest BCUT2D eigenvalue weighted by Crippen LogP contribution is -2.55.